The lowest BCUT2D eigenvalue weighted by Crippen LogP contribution is -2.25. The predicted octanol–water partition coefficient (Wildman–Crippen LogP) is 2.35. The van der Waals surface area contributed by atoms with Crippen molar-refractivity contribution in [1.82, 2.24) is 15.3 Å². The van der Waals surface area contributed by atoms with Crippen LogP contribution in [0.5, 0.6) is 0 Å². The maximum Gasteiger partial charge on any atom is 0.295 e. The number of nitrogens with zero attached hydrogens (tertiary/aromatic N) is 2. The monoisotopic (exact) mass is 285 g/mol. The van der Waals surface area contributed by atoms with Gasteiger partial charge in [0.1, 0.15) is 0 Å². The van der Waals surface area contributed by atoms with E-state index in [0.29, 0.717) is 12.3 Å². The number of fused-ring (bicyclic) bond motifs is 1. The Balaban J connectivity index is 2.04. The topological polar surface area (TPSA) is 56.1 Å². The number of benzene rings is 1. The van der Waals surface area contributed by atoms with E-state index in [1.807, 2.05) is 29.8 Å². The van der Waals surface area contributed by atoms with E-state index in [2.05, 4.69) is 23.6 Å². The van der Waals surface area contributed by atoms with Gasteiger partial charge in [-0.05, 0) is 44.7 Å². The van der Waals surface area contributed by atoms with Crippen molar-refractivity contribution in [2.24, 2.45) is 0 Å². The fraction of sp³-hybridized carbons (Fsp3) is 0.375. The van der Waals surface area contributed by atoms with E-state index in [1.54, 1.807) is 0 Å². The smallest absolute Gasteiger partial charge is 0.274 e. The van der Waals surface area contributed by atoms with Crippen molar-refractivity contribution in [3.63, 3.8) is 0 Å². The Bertz CT molecular complexity index is 676. The van der Waals surface area contributed by atoms with E-state index in [9.17, 15) is 4.79 Å². The summed E-state index contributed by atoms with van der Waals surface area (Å²) in [5.41, 5.74) is 7.30. The van der Waals surface area contributed by atoms with Crippen LogP contribution in [0.1, 0.15) is 40.7 Å². The zero-order valence-electron chi connectivity index (χ0n) is 12.3. The number of hydrogen-bond donors (Lipinski definition) is 1. The Labute approximate surface area is 123 Å². The minimum atomic E-state index is -0.262. The molecule has 0 saturated heterocycles. The summed E-state index contributed by atoms with van der Waals surface area (Å²) >= 11 is 0. The molecule has 0 spiro atoms. The third kappa shape index (κ3) is 2.45. The normalized spacial score (nSPS) is 13.2. The molecular formula is C16H19N3O2. The number of hydroxylamine groups is 1. The first kappa shape index (κ1) is 13.8. The van der Waals surface area contributed by atoms with Crippen LogP contribution >= 0.6 is 0 Å². The average Bonchev–Trinajstić information content (AvgIpc) is 3.07. The molecule has 1 aromatic heterocycles. The average molecular weight is 285 g/mol. The maximum atomic E-state index is 12.2. The molecule has 2 aromatic rings. The van der Waals surface area contributed by atoms with Gasteiger partial charge in [0.15, 0.2) is 5.69 Å². The number of para-hydroxylation sites is 1. The molecule has 1 heterocycles. The molecule has 1 aromatic carbocycles. The SMILES string of the molecule is CCONC(=O)c1nn(-c2ccccc2C)c2c1CCC2. The van der Waals surface area contributed by atoms with Crippen LogP contribution in [0.4, 0.5) is 0 Å². The van der Waals surface area contributed by atoms with Crippen molar-refractivity contribution in [3.05, 3.63) is 46.8 Å². The number of hydrogen-bond acceptors (Lipinski definition) is 3. The lowest BCUT2D eigenvalue weighted by Gasteiger charge is -2.08. The molecule has 1 N–H and O–H groups in total. The van der Waals surface area contributed by atoms with E-state index in [0.717, 1.165) is 41.8 Å². The highest BCUT2D eigenvalue weighted by atomic mass is 16.6. The molecule has 0 aliphatic heterocycles. The van der Waals surface area contributed by atoms with Gasteiger partial charge in [0, 0.05) is 11.3 Å². The Morgan fingerprint density at radius 1 is 1.38 bits per heavy atom. The van der Waals surface area contributed by atoms with Gasteiger partial charge in [-0.15, -0.1) is 0 Å². The van der Waals surface area contributed by atoms with Gasteiger partial charge in [0.25, 0.3) is 5.91 Å². The minimum Gasteiger partial charge on any atom is -0.274 e. The summed E-state index contributed by atoms with van der Waals surface area (Å²) in [6.07, 6.45) is 2.92. The van der Waals surface area contributed by atoms with Crippen molar-refractivity contribution in [2.45, 2.75) is 33.1 Å². The third-order valence-electron chi connectivity index (χ3n) is 3.80. The van der Waals surface area contributed by atoms with E-state index < -0.39 is 0 Å². The van der Waals surface area contributed by atoms with Gasteiger partial charge in [0.05, 0.1) is 12.3 Å². The first-order chi connectivity index (χ1) is 10.2. The van der Waals surface area contributed by atoms with Crippen molar-refractivity contribution >= 4 is 5.91 Å². The van der Waals surface area contributed by atoms with Gasteiger partial charge in [-0.25, -0.2) is 10.2 Å². The highest BCUT2D eigenvalue weighted by molar-refractivity contribution is 5.93. The van der Waals surface area contributed by atoms with Gasteiger partial charge in [-0.3, -0.25) is 9.63 Å². The summed E-state index contributed by atoms with van der Waals surface area (Å²) < 4.78 is 1.92. The second-order valence-corrected chi connectivity index (χ2v) is 5.19. The molecule has 110 valence electrons. The summed E-state index contributed by atoms with van der Waals surface area (Å²) in [6.45, 7) is 4.32. The van der Waals surface area contributed by atoms with Gasteiger partial charge in [-0.2, -0.15) is 5.10 Å². The molecular weight excluding hydrogens is 266 g/mol. The zero-order chi connectivity index (χ0) is 14.8. The summed E-state index contributed by atoms with van der Waals surface area (Å²) in [7, 11) is 0. The number of amides is 1. The Kier molecular flexibility index (Phi) is 3.75. The van der Waals surface area contributed by atoms with E-state index in [4.69, 9.17) is 4.84 Å². The Morgan fingerprint density at radius 3 is 2.95 bits per heavy atom. The van der Waals surface area contributed by atoms with Crippen molar-refractivity contribution in [3.8, 4) is 5.69 Å². The molecule has 21 heavy (non-hydrogen) atoms. The number of carbonyl (C=O) groups excluding carboxylic acids is 1. The Morgan fingerprint density at radius 2 is 2.19 bits per heavy atom. The van der Waals surface area contributed by atoms with E-state index in [1.165, 1.54) is 0 Å². The fourth-order valence-electron chi connectivity index (χ4n) is 2.81. The molecule has 5 heteroatoms. The molecule has 0 bridgehead atoms. The largest absolute Gasteiger partial charge is 0.295 e. The molecule has 0 atom stereocenters. The summed E-state index contributed by atoms with van der Waals surface area (Å²) in [5.74, 6) is -0.262. The lowest BCUT2D eigenvalue weighted by molar-refractivity contribution is 0.0358. The zero-order valence-corrected chi connectivity index (χ0v) is 12.3. The standard InChI is InChI=1S/C16H19N3O2/c1-3-21-18-16(20)15-12-8-6-10-14(12)19(17-15)13-9-5-4-7-11(13)2/h4-5,7,9H,3,6,8,10H2,1-2H3,(H,18,20). The second-order valence-electron chi connectivity index (χ2n) is 5.19. The molecule has 0 saturated carbocycles. The first-order valence-electron chi connectivity index (χ1n) is 7.31. The van der Waals surface area contributed by atoms with Crippen molar-refractivity contribution < 1.29 is 9.63 Å². The van der Waals surface area contributed by atoms with Crippen LogP contribution in [-0.2, 0) is 17.7 Å². The van der Waals surface area contributed by atoms with Crippen molar-refractivity contribution in [1.29, 1.82) is 0 Å². The second kappa shape index (κ2) is 5.69. The lowest BCUT2D eigenvalue weighted by atomic mass is 10.2. The molecule has 0 fully saturated rings. The highest BCUT2D eigenvalue weighted by Crippen LogP contribution is 2.28. The third-order valence-corrected chi connectivity index (χ3v) is 3.80. The first-order valence-corrected chi connectivity index (χ1v) is 7.31. The molecule has 1 aliphatic carbocycles. The van der Waals surface area contributed by atoms with Gasteiger partial charge < -0.3 is 0 Å². The molecule has 5 nitrogen and oxygen atoms in total. The predicted molar refractivity (Wildman–Crippen MR) is 79.4 cm³/mol. The quantitative estimate of drug-likeness (QED) is 0.877. The van der Waals surface area contributed by atoms with Crippen LogP contribution in [0.25, 0.3) is 5.69 Å². The number of aromatic nitrogens is 2. The van der Waals surface area contributed by atoms with Crippen LogP contribution in [0.15, 0.2) is 24.3 Å². The van der Waals surface area contributed by atoms with Gasteiger partial charge in [-0.1, -0.05) is 18.2 Å². The number of aryl methyl sites for hydroxylation is 1. The van der Waals surface area contributed by atoms with Crippen molar-refractivity contribution in [2.75, 3.05) is 6.61 Å². The molecule has 3 rings (SSSR count). The summed E-state index contributed by atoms with van der Waals surface area (Å²) in [6, 6.07) is 8.08. The van der Waals surface area contributed by atoms with Crippen LogP contribution in [0.3, 0.4) is 0 Å². The van der Waals surface area contributed by atoms with Gasteiger partial charge in [0.2, 0.25) is 0 Å². The minimum absolute atomic E-state index is 0.262. The molecule has 1 aliphatic rings. The Hall–Kier alpha value is -2.14. The number of carbonyl (C=O) groups is 1. The van der Waals surface area contributed by atoms with E-state index >= 15 is 0 Å². The van der Waals surface area contributed by atoms with E-state index in [-0.39, 0.29) is 5.91 Å². The van der Waals surface area contributed by atoms with Crippen LogP contribution in [-0.4, -0.2) is 22.3 Å². The molecule has 1 amide bonds. The molecule has 0 radical (unpaired) electrons. The maximum absolute atomic E-state index is 12.2. The fourth-order valence-corrected chi connectivity index (χ4v) is 2.81. The van der Waals surface area contributed by atoms with Crippen LogP contribution in [0, 0.1) is 6.92 Å². The molecule has 0 unspecified atom stereocenters. The summed E-state index contributed by atoms with van der Waals surface area (Å²) in [5, 5.41) is 4.54. The number of rotatable bonds is 4. The van der Waals surface area contributed by atoms with Crippen LogP contribution < -0.4 is 5.48 Å². The van der Waals surface area contributed by atoms with Gasteiger partial charge >= 0.3 is 0 Å². The summed E-state index contributed by atoms with van der Waals surface area (Å²) in [4.78, 5) is 17.2. The van der Waals surface area contributed by atoms with Crippen LogP contribution in [0.2, 0.25) is 0 Å². The highest BCUT2D eigenvalue weighted by Gasteiger charge is 2.27. The number of nitrogens with one attached hydrogen (secondary N) is 1.